The number of hydrogen-bond acceptors (Lipinski definition) is 3. The van der Waals surface area contributed by atoms with Crippen molar-refractivity contribution in [2.24, 2.45) is 0 Å². The molecule has 0 radical (unpaired) electrons. The molecule has 1 amide bonds. The van der Waals surface area contributed by atoms with E-state index in [-0.39, 0.29) is 25.7 Å². The Morgan fingerprint density at radius 2 is 1.78 bits per heavy atom. The monoisotopic (exact) mass is 359 g/mol. The van der Waals surface area contributed by atoms with Crippen LogP contribution in [0.25, 0.3) is 10.8 Å². The van der Waals surface area contributed by atoms with E-state index in [2.05, 4.69) is 17.2 Å². The first kappa shape index (κ1) is 18.3. The highest BCUT2D eigenvalue weighted by Crippen LogP contribution is 2.24. The topological polar surface area (TPSA) is 47.6 Å². The molecule has 0 aliphatic rings. The van der Waals surface area contributed by atoms with Crippen molar-refractivity contribution in [3.05, 3.63) is 72.3 Å². The lowest BCUT2D eigenvalue weighted by molar-refractivity contribution is -0.122. The minimum Gasteiger partial charge on any atom is -0.484 e. The van der Waals surface area contributed by atoms with Crippen molar-refractivity contribution in [1.29, 1.82) is 0 Å². The minimum absolute atomic E-state index is 0.0301. The molecule has 4 nitrogen and oxygen atoms in total. The second-order valence-electron chi connectivity index (χ2n) is 6.00. The standard InChI is InChI=1S/C23H21NO3/c1-18-8-6-11-20(16-18)27-17-23(25)24-14-4-5-15-26-22-13-7-10-19-9-2-3-12-21(19)22/h2-3,6-13,16H,14-15,17H2,1H3,(H,24,25). The quantitative estimate of drug-likeness (QED) is 0.682. The number of rotatable bonds is 6. The van der Waals surface area contributed by atoms with Crippen molar-refractivity contribution < 1.29 is 14.3 Å². The third-order valence-electron chi connectivity index (χ3n) is 3.91. The summed E-state index contributed by atoms with van der Waals surface area (Å²) in [4.78, 5) is 11.8. The molecule has 0 atom stereocenters. The van der Waals surface area contributed by atoms with Crippen LogP contribution in [-0.2, 0) is 4.79 Å². The molecule has 3 aromatic carbocycles. The van der Waals surface area contributed by atoms with Crippen molar-refractivity contribution in [3.8, 4) is 23.3 Å². The minimum atomic E-state index is -0.208. The van der Waals surface area contributed by atoms with Crippen LogP contribution in [-0.4, -0.2) is 25.7 Å². The number of nitrogens with one attached hydrogen (secondary N) is 1. The SMILES string of the molecule is Cc1cccc(OCC(=O)NCC#CCOc2cccc3ccccc23)c1. The lowest BCUT2D eigenvalue weighted by atomic mass is 10.1. The summed E-state index contributed by atoms with van der Waals surface area (Å²) in [6.07, 6.45) is 0. The van der Waals surface area contributed by atoms with E-state index in [0.717, 1.165) is 22.1 Å². The molecule has 136 valence electrons. The zero-order chi connectivity index (χ0) is 18.9. The van der Waals surface area contributed by atoms with Gasteiger partial charge in [0.1, 0.15) is 18.1 Å². The lowest BCUT2D eigenvalue weighted by Gasteiger charge is -2.06. The molecule has 0 spiro atoms. The maximum absolute atomic E-state index is 11.8. The predicted octanol–water partition coefficient (Wildman–Crippen LogP) is 3.73. The van der Waals surface area contributed by atoms with Gasteiger partial charge in [0.25, 0.3) is 5.91 Å². The van der Waals surface area contributed by atoms with Crippen molar-refractivity contribution >= 4 is 16.7 Å². The molecule has 0 saturated heterocycles. The number of carbonyl (C=O) groups is 1. The number of aryl methyl sites for hydroxylation is 1. The van der Waals surface area contributed by atoms with Crippen LogP contribution in [0.4, 0.5) is 0 Å². The van der Waals surface area contributed by atoms with Crippen LogP contribution in [0.5, 0.6) is 11.5 Å². The van der Waals surface area contributed by atoms with Crippen molar-refractivity contribution in [2.45, 2.75) is 6.92 Å². The fourth-order valence-corrected chi connectivity index (χ4v) is 2.60. The van der Waals surface area contributed by atoms with E-state index in [9.17, 15) is 4.79 Å². The summed E-state index contributed by atoms with van der Waals surface area (Å²) >= 11 is 0. The molecule has 3 rings (SSSR count). The Hall–Kier alpha value is -3.45. The van der Waals surface area contributed by atoms with Gasteiger partial charge in [-0.2, -0.15) is 0 Å². The van der Waals surface area contributed by atoms with Crippen LogP contribution in [0.1, 0.15) is 5.56 Å². The van der Waals surface area contributed by atoms with Gasteiger partial charge in [-0.15, -0.1) is 0 Å². The number of ether oxygens (including phenoxy) is 2. The van der Waals surface area contributed by atoms with E-state index in [4.69, 9.17) is 9.47 Å². The number of amides is 1. The Kier molecular flexibility index (Phi) is 6.32. The van der Waals surface area contributed by atoms with Gasteiger partial charge in [-0.25, -0.2) is 0 Å². The first-order chi connectivity index (χ1) is 13.2. The molecule has 0 aromatic heterocycles. The summed E-state index contributed by atoms with van der Waals surface area (Å²) in [6.45, 7) is 2.47. The van der Waals surface area contributed by atoms with Gasteiger partial charge in [0.05, 0.1) is 6.54 Å². The number of benzene rings is 3. The largest absolute Gasteiger partial charge is 0.484 e. The predicted molar refractivity (Wildman–Crippen MR) is 107 cm³/mol. The van der Waals surface area contributed by atoms with Crippen molar-refractivity contribution in [1.82, 2.24) is 5.32 Å². The smallest absolute Gasteiger partial charge is 0.258 e. The molecule has 0 fully saturated rings. The molecule has 3 aromatic rings. The molecule has 27 heavy (non-hydrogen) atoms. The summed E-state index contributed by atoms with van der Waals surface area (Å²) in [5, 5.41) is 4.89. The highest BCUT2D eigenvalue weighted by molar-refractivity contribution is 5.88. The fraction of sp³-hybridized carbons (Fsp3) is 0.174. The maximum atomic E-state index is 11.8. The van der Waals surface area contributed by atoms with Crippen LogP contribution >= 0.6 is 0 Å². The van der Waals surface area contributed by atoms with Gasteiger partial charge >= 0.3 is 0 Å². The van der Waals surface area contributed by atoms with Gasteiger partial charge in [0.2, 0.25) is 0 Å². The van der Waals surface area contributed by atoms with Crippen LogP contribution in [0.15, 0.2) is 66.7 Å². The Balaban J connectivity index is 1.40. The first-order valence-corrected chi connectivity index (χ1v) is 8.75. The summed E-state index contributed by atoms with van der Waals surface area (Å²) < 4.78 is 11.2. The fourth-order valence-electron chi connectivity index (χ4n) is 2.60. The highest BCUT2D eigenvalue weighted by Gasteiger charge is 2.01. The second kappa shape index (κ2) is 9.30. The molecule has 0 heterocycles. The zero-order valence-electron chi connectivity index (χ0n) is 15.2. The summed E-state index contributed by atoms with van der Waals surface area (Å²) in [6, 6.07) is 21.5. The summed E-state index contributed by atoms with van der Waals surface area (Å²) in [5.74, 6) is 7.06. The van der Waals surface area contributed by atoms with Crippen LogP contribution in [0, 0.1) is 18.8 Å². The Morgan fingerprint density at radius 1 is 0.963 bits per heavy atom. The van der Waals surface area contributed by atoms with Gasteiger partial charge in [0.15, 0.2) is 6.61 Å². The van der Waals surface area contributed by atoms with Crippen LogP contribution < -0.4 is 14.8 Å². The Morgan fingerprint density at radius 3 is 2.67 bits per heavy atom. The molecule has 4 heteroatoms. The zero-order valence-corrected chi connectivity index (χ0v) is 15.2. The average Bonchev–Trinajstić information content (AvgIpc) is 2.69. The van der Waals surface area contributed by atoms with Gasteiger partial charge in [-0.1, -0.05) is 60.4 Å². The van der Waals surface area contributed by atoms with Crippen molar-refractivity contribution in [2.75, 3.05) is 19.8 Å². The Bertz CT molecular complexity index is 980. The van der Waals surface area contributed by atoms with E-state index in [0.29, 0.717) is 5.75 Å². The Labute approximate surface area is 159 Å². The average molecular weight is 359 g/mol. The van der Waals surface area contributed by atoms with Gasteiger partial charge in [0, 0.05) is 5.39 Å². The van der Waals surface area contributed by atoms with E-state index in [1.165, 1.54) is 0 Å². The molecule has 0 unspecified atom stereocenters. The van der Waals surface area contributed by atoms with Gasteiger partial charge < -0.3 is 14.8 Å². The van der Waals surface area contributed by atoms with Gasteiger partial charge in [-0.3, -0.25) is 4.79 Å². The molecule has 0 aliphatic carbocycles. The van der Waals surface area contributed by atoms with Crippen molar-refractivity contribution in [3.63, 3.8) is 0 Å². The van der Waals surface area contributed by atoms with Crippen LogP contribution in [0.2, 0.25) is 0 Å². The van der Waals surface area contributed by atoms with E-state index < -0.39 is 0 Å². The third-order valence-corrected chi connectivity index (χ3v) is 3.91. The molecule has 0 saturated carbocycles. The van der Waals surface area contributed by atoms with E-state index in [1.807, 2.05) is 73.7 Å². The highest BCUT2D eigenvalue weighted by atomic mass is 16.5. The molecule has 0 aliphatic heterocycles. The molecular weight excluding hydrogens is 338 g/mol. The number of fused-ring (bicyclic) bond motifs is 1. The van der Waals surface area contributed by atoms with Gasteiger partial charge in [-0.05, 0) is 36.1 Å². The molecular formula is C23H21NO3. The molecule has 1 N–H and O–H groups in total. The first-order valence-electron chi connectivity index (χ1n) is 8.75. The molecule has 0 bridgehead atoms. The summed E-state index contributed by atoms with van der Waals surface area (Å²) in [5.41, 5.74) is 1.09. The van der Waals surface area contributed by atoms with E-state index in [1.54, 1.807) is 0 Å². The maximum Gasteiger partial charge on any atom is 0.258 e. The second-order valence-corrected chi connectivity index (χ2v) is 6.00. The number of carbonyl (C=O) groups excluding carboxylic acids is 1. The normalized spacial score (nSPS) is 9.96. The number of hydrogen-bond donors (Lipinski definition) is 1. The lowest BCUT2D eigenvalue weighted by Crippen LogP contribution is -2.29. The van der Waals surface area contributed by atoms with E-state index >= 15 is 0 Å². The third kappa shape index (κ3) is 5.52. The summed E-state index contributed by atoms with van der Waals surface area (Å²) in [7, 11) is 0. The van der Waals surface area contributed by atoms with Crippen LogP contribution in [0.3, 0.4) is 0 Å².